The summed E-state index contributed by atoms with van der Waals surface area (Å²) in [5.41, 5.74) is 2.23. The molecule has 0 saturated carbocycles. The molecule has 0 fully saturated rings. The third-order valence-electron chi connectivity index (χ3n) is 6.10. The highest BCUT2D eigenvalue weighted by molar-refractivity contribution is 5.96. The van der Waals surface area contributed by atoms with Crippen LogP contribution < -0.4 is 5.32 Å². The van der Waals surface area contributed by atoms with Gasteiger partial charge in [0.1, 0.15) is 5.78 Å². The van der Waals surface area contributed by atoms with Crippen molar-refractivity contribution in [3.63, 3.8) is 0 Å². The Hall–Kier alpha value is -3.35. The van der Waals surface area contributed by atoms with E-state index in [4.69, 9.17) is 4.74 Å². The first-order valence-electron chi connectivity index (χ1n) is 10.8. The fraction of sp³-hybridized carbons (Fsp3) is 0.308. The number of carbonyl (C=O) groups excluding carboxylic acids is 2. The zero-order valence-electron chi connectivity index (χ0n) is 18.1. The second-order valence-corrected chi connectivity index (χ2v) is 8.27. The third kappa shape index (κ3) is 4.87. The monoisotopic (exact) mass is 455 g/mol. The average Bonchev–Trinajstić information content (AvgIpc) is 2.78. The number of ketones is 1. The highest BCUT2D eigenvalue weighted by Gasteiger charge is 2.43. The van der Waals surface area contributed by atoms with Gasteiger partial charge in [-0.1, -0.05) is 48.5 Å². The molecule has 2 aromatic rings. The van der Waals surface area contributed by atoms with Gasteiger partial charge in [0, 0.05) is 30.2 Å². The number of allylic oxidation sites excluding steroid dienone is 3. The van der Waals surface area contributed by atoms with Crippen LogP contribution in [0.2, 0.25) is 0 Å². The van der Waals surface area contributed by atoms with Crippen molar-refractivity contribution in [1.82, 2.24) is 5.32 Å². The number of rotatable bonds is 5. The maximum Gasteiger partial charge on any atom is 0.416 e. The molecule has 0 bridgehead atoms. The van der Waals surface area contributed by atoms with E-state index in [0.29, 0.717) is 36.2 Å². The standard InChI is InChI=1S/C26H24F3NO3/c1-16-22(25(32)33-15-14-17-6-3-2-4-7-17)23(24-20(30-16)8-5-9-21(24)31)18-10-12-19(13-11-18)26(27,28)29/h2-4,6-8,10-13,23-24,30H,5,9,14-15H2,1H3. The molecule has 7 heteroatoms. The van der Waals surface area contributed by atoms with Crippen LogP contribution in [-0.2, 0) is 26.9 Å². The first-order valence-corrected chi connectivity index (χ1v) is 10.8. The van der Waals surface area contributed by atoms with Crippen molar-refractivity contribution in [3.8, 4) is 0 Å². The lowest BCUT2D eigenvalue weighted by atomic mass is 9.71. The molecule has 0 aromatic heterocycles. The maximum absolute atomic E-state index is 13.2. The van der Waals surface area contributed by atoms with Crippen molar-refractivity contribution in [2.24, 2.45) is 5.92 Å². The molecule has 2 aromatic carbocycles. The second-order valence-electron chi connectivity index (χ2n) is 8.27. The van der Waals surface area contributed by atoms with Crippen LogP contribution >= 0.6 is 0 Å². The molecule has 33 heavy (non-hydrogen) atoms. The summed E-state index contributed by atoms with van der Waals surface area (Å²) in [6, 6.07) is 14.2. The van der Waals surface area contributed by atoms with E-state index in [0.717, 1.165) is 17.7 Å². The van der Waals surface area contributed by atoms with Crippen LogP contribution in [0, 0.1) is 5.92 Å². The number of hydrogen-bond donors (Lipinski definition) is 1. The van der Waals surface area contributed by atoms with E-state index in [1.54, 1.807) is 6.92 Å². The van der Waals surface area contributed by atoms with Gasteiger partial charge in [0.05, 0.1) is 23.7 Å². The Morgan fingerprint density at radius 1 is 1.06 bits per heavy atom. The summed E-state index contributed by atoms with van der Waals surface area (Å²) in [5.74, 6) is -1.99. The Morgan fingerprint density at radius 3 is 2.42 bits per heavy atom. The Kier molecular flexibility index (Phi) is 6.40. The summed E-state index contributed by atoms with van der Waals surface area (Å²) in [6.45, 7) is 1.88. The number of benzene rings is 2. The SMILES string of the molecule is CC1=C(C(=O)OCCc2ccccc2)C(c2ccc(C(F)(F)F)cc2)C2C(=O)CCC=C2N1. The fourth-order valence-electron chi connectivity index (χ4n) is 4.51. The van der Waals surface area contributed by atoms with Crippen LogP contribution in [0.5, 0.6) is 0 Å². The normalized spacial score (nSPS) is 20.6. The van der Waals surface area contributed by atoms with Crippen molar-refractivity contribution in [2.45, 2.75) is 38.3 Å². The van der Waals surface area contributed by atoms with Gasteiger partial charge in [0.2, 0.25) is 0 Å². The van der Waals surface area contributed by atoms with Gasteiger partial charge in [-0.15, -0.1) is 0 Å². The maximum atomic E-state index is 13.2. The molecular formula is C26H24F3NO3. The van der Waals surface area contributed by atoms with E-state index in [1.165, 1.54) is 12.1 Å². The largest absolute Gasteiger partial charge is 0.462 e. The van der Waals surface area contributed by atoms with Crippen LogP contribution in [0.15, 0.2) is 77.6 Å². The highest BCUT2D eigenvalue weighted by Crippen LogP contribution is 2.44. The van der Waals surface area contributed by atoms with Crippen molar-refractivity contribution in [3.05, 3.63) is 94.3 Å². The van der Waals surface area contributed by atoms with Gasteiger partial charge < -0.3 is 10.1 Å². The molecule has 1 aliphatic heterocycles. The third-order valence-corrected chi connectivity index (χ3v) is 6.10. The fourth-order valence-corrected chi connectivity index (χ4v) is 4.51. The predicted molar refractivity (Wildman–Crippen MR) is 117 cm³/mol. The summed E-state index contributed by atoms with van der Waals surface area (Å²) < 4.78 is 44.8. The van der Waals surface area contributed by atoms with Gasteiger partial charge in [-0.25, -0.2) is 4.79 Å². The number of Topliss-reactive ketones (excluding diaryl/α,β-unsaturated/α-hetero) is 1. The summed E-state index contributed by atoms with van der Waals surface area (Å²) >= 11 is 0. The van der Waals surface area contributed by atoms with E-state index in [9.17, 15) is 22.8 Å². The zero-order valence-corrected chi connectivity index (χ0v) is 18.1. The Labute approximate surface area is 190 Å². The lowest BCUT2D eigenvalue weighted by molar-refractivity contribution is -0.140. The Morgan fingerprint density at radius 2 is 1.76 bits per heavy atom. The number of halogens is 3. The number of fused-ring (bicyclic) bond motifs is 1. The number of nitrogens with one attached hydrogen (secondary N) is 1. The van der Waals surface area contributed by atoms with Crippen molar-refractivity contribution < 1.29 is 27.5 Å². The van der Waals surface area contributed by atoms with Gasteiger partial charge >= 0.3 is 12.1 Å². The molecule has 2 aliphatic rings. The Balaban J connectivity index is 1.65. The molecule has 0 spiro atoms. The molecule has 4 rings (SSSR count). The second kappa shape index (κ2) is 9.25. The van der Waals surface area contributed by atoms with Gasteiger partial charge in [-0.05, 0) is 36.6 Å². The zero-order chi connectivity index (χ0) is 23.6. The predicted octanol–water partition coefficient (Wildman–Crippen LogP) is 5.32. The molecule has 172 valence electrons. The summed E-state index contributed by atoms with van der Waals surface area (Å²) in [5, 5.41) is 3.16. The topological polar surface area (TPSA) is 55.4 Å². The smallest absolute Gasteiger partial charge is 0.416 e. The van der Waals surface area contributed by atoms with E-state index in [1.807, 2.05) is 36.4 Å². The van der Waals surface area contributed by atoms with E-state index < -0.39 is 29.5 Å². The quantitative estimate of drug-likeness (QED) is 0.621. The van der Waals surface area contributed by atoms with E-state index >= 15 is 0 Å². The molecular weight excluding hydrogens is 431 g/mol. The molecule has 1 N–H and O–H groups in total. The molecule has 1 heterocycles. The molecule has 0 radical (unpaired) electrons. The van der Waals surface area contributed by atoms with Crippen LogP contribution in [-0.4, -0.2) is 18.4 Å². The molecule has 0 saturated heterocycles. The molecule has 1 aliphatic carbocycles. The van der Waals surface area contributed by atoms with Crippen LogP contribution in [0.3, 0.4) is 0 Å². The summed E-state index contributed by atoms with van der Waals surface area (Å²) in [4.78, 5) is 26.0. The molecule has 2 atom stereocenters. The van der Waals surface area contributed by atoms with Gasteiger partial charge in [-0.2, -0.15) is 13.2 Å². The minimum atomic E-state index is -4.47. The lowest BCUT2D eigenvalue weighted by Crippen LogP contribution is -2.40. The van der Waals surface area contributed by atoms with Crippen molar-refractivity contribution in [1.29, 1.82) is 0 Å². The first kappa shape index (κ1) is 22.8. The van der Waals surface area contributed by atoms with Crippen molar-refractivity contribution in [2.75, 3.05) is 6.61 Å². The average molecular weight is 455 g/mol. The number of esters is 1. The Bertz CT molecular complexity index is 1100. The summed E-state index contributed by atoms with van der Waals surface area (Å²) in [7, 11) is 0. The molecule has 0 amide bonds. The molecule has 4 nitrogen and oxygen atoms in total. The van der Waals surface area contributed by atoms with E-state index in [2.05, 4.69) is 5.32 Å². The lowest BCUT2D eigenvalue weighted by Gasteiger charge is -2.38. The number of hydrogen-bond acceptors (Lipinski definition) is 4. The number of carbonyl (C=O) groups is 2. The van der Waals surface area contributed by atoms with Crippen LogP contribution in [0.4, 0.5) is 13.2 Å². The van der Waals surface area contributed by atoms with Crippen LogP contribution in [0.1, 0.15) is 42.4 Å². The number of alkyl halides is 3. The van der Waals surface area contributed by atoms with E-state index in [-0.39, 0.29) is 18.0 Å². The summed E-state index contributed by atoms with van der Waals surface area (Å²) in [6.07, 6.45) is -1.11. The van der Waals surface area contributed by atoms with Crippen LogP contribution in [0.25, 0.3) is 0 Å². The highest BCUT2D eigenvalue weighted by atomic mass is 19.4. The van der Waals surface area contributed by atoms with Gasteiger partial charge in [0.25, 0.3) is 0 Å². The molecule has 2 unspecified atom stereocenters. The minimum Gasteiger partial charge on any atom is -0.462 e. The number of ether oxygens (including phenoxy) is 1. The minimum absolute atomic E-state index is 0.0491. The first-order chi connectivity index (χ1) is 15.8. The van der Waals surface area contributed by atoms with Crippen molar-refractivity contribution >= 4 is 11.8 Å². The van der Waals surface area contributed by atoms with Gasteiger partial charge in [-0.3, -0.25) is 4.79 Å². The van der Waals surface area contributed by atoms with Gasteiger partial charge in [0.15, 0.2) is 0 Å².